The van der Waals surface area contributed by atoms with Gasteiger partial charge < -0.3 is 4.90 Å². The van der Waals surface area contributed by atoms with E-state index in [2.05, 4.69) is 6.92 Å². The van der Waals surface area contributed by atoms with Gasteiger partial charge in [-0.25, -0.2) is 9.36 Å². The minimum atomic E-state index is -0.468. The van der Waals surface area contributed by atoms with Crippen molar-refractivity contribution < 1.29 is 4.79 Å². The standard InChI is InChI=1S/C22H25N3O3S/c1-3-16-8-4-5-11-23(16)19(26)14-24-18-10-12-29-20(18)21(27)25(22(24)28)17-9-6-7-15(2)13-17/h6-7,9-10,12-13,16H,3-5,8,11,14H2,1-2H3/t16-/m1/s1. The van der Waals surface area contributed by atoms with Crippen LogP contribution in [0.1, 0.15) is 38.2 Å². The Balaban J connectivity index is 1.82. The molecular weight excluding hydrogens is 386 g/mol. The molecule has 1 amide bonds. The Morgan fingerprint density at radius 3 is 2.79 bits per heavy atom. The molecule has 0 bridgehead atoms. The molecule has 29 heavy (non-hydrogen) atoms. The molecule has 1 atom stereocenters. The number of hydrogen-bond donors (Lipinski definition) is 0. The van der Waals surface area contributed by atoms with Gasteiger partial charge in [-0.05, 0) is 61.7 Å². The fourth-order valence-corrected chi connectivity index (χ4v) is 5.04. The number of carbonyl (C=O) groups excluding carboxylic acids is 1. The predicted octanol–water partition coefficient (Wildman–Crippen LogP) is 3.31. The topological polar surface area (TPSA) is 64.3 Å². The van der Waals surface area contributed by atoms with Crippen molar-refractivity contribution in [3.8, 4) is 5.69 Å². The summed E-state index contributed by atoms with van der Waals surface area (Å²) in [5, 5.41) is 1.79. The number of rotatable bonds is 4. The van der Waals surface area contributed by atoms with Crippen LogP contribution in [0.15, 0.2) is 45.3 Å². The van der Waals surface area contributed by atoms with Crippen LogP contribution in [0.2, 0.25) is 0 Å². The zero-order valence-corrected chi connectivity index (χ0v) is 17.6. The normalized spacial score (nSPS) is 17.0. The maximum absolute atomic E-state index is 13.3. The van der Waals surface area contributed by atoms with Crippen molar-refractivity contribution in [1.82, 2.24) is 14.0 Å². The lowest BCUT2D eigenvalue weighted by Crippen LogP contribution is -2.47. The van der Waals surface area contributed by atoms with Crippen LogP contribution in [0.4, 0.5) is 0 Å². The van der Waals surface area contributed by atoms with Crippen molar-refractivity contribution in [2.24, 2.45) is 0 Å². The number of hydrogen-bond acceptors (Lipinski definition) is 4. The molecule has 1 fully saturated rings. The molecule has 0 aliphatic carbocycles. The maximum atomic E-state index is 13.3. The average Bonchev–Trinajstić information content (AvgIpc) is 3.21. The molecule has 1 aliphatic rings. The Hall–Kier alpha value is -2.67. The van der Waals surface area contributed by atoms with Crippen molar-refractivity contribution in [3.05, 3.63) is 62.1 Å². The molecule has 0 unspecified atom stereocenters. The van der Waals surface area contributed by atoms with E-state index in [1.165, 1.54) is 20.5 Å². The van der Waals surface area contributed by atoms with E-state index >= 15 is 0 Å². The predicted molar refractivity (Wildman–Crippen MR) is 116 cm³/mol. The SMILES string of the molecule is CC[C@@H]1CCCCN1C(=O)Cn1c(=O)n(-c2cccc(C)c2)c(=O)c2sccc21. The van der Waals surface area contributed by atoms with E-state index in [1.54, 1.807) is 17.5 Å². The van der Waals surface area contributed by atoms with Gasteiger partial charge in [0.1, 0.15) is 11.2 Å². The second-order valence-corrected chi connectivity index (χ2v) is 8.54. The molecule has 1 aliphatic heterocycles. The van der Waals surface area contributed by atoms with Crippen LogP contribution in [-0.2, 0) is 11.3 Å². The number of amides is 1. The third kappa shape index (κ3) is 3.55. The van der Waals surface area contributed by atoms with Gasteiger partial charge in [0.05, 0.1) is 11.2 Å². The van der Waals surface area contributed by atoms with Gasteiger partial charge in [0.2, 0.25) is 5.91 Å². The fourth-order valence-electron chi connectivity index (χ4n) is 4.21. The number of fused-ring (bicyclic) bond motifs is 1. The van der Waals surface area contributed by atoms with E-state index in [4.69, 9.17) is 0 Å². The highest BCUT2D eigenvalue weighted by Crippen LogP contribution is 2.21. The smallest absolute Gasteiger partial charge is 0.336 e. The minimum Gasteiger partial charge on any atom is -0.338 e. The van der Waals surface area contributed by atoms with E-state index in [0.29, 0.717) is 15.9 Å². The Bertz CT molecular complexity index is 1170. The molecule has 3 heterocycles. The number of nitrogens with zero attached hydrogens (tertiary/aromatic N) is 3. The molecule has 1 saturated heterocycles. The summed E-state index contributed by atoms with van der Waals surface area (Å²) in [7, 11) is 0. The molecule has 7 heteroatoms. The quantitative estimate of drug-likeness (QED) is 0.662. The Morgan fingerprint density at radius 2 is 2.03 bits per heavy atom. The van der Waals surface area contributed by atoms with Crippen LogP contribution in [0.25, 0.3) is 15.9 Å². The Labute approximate surface area is 173 Å². The van der Waals surface area contributed by atoms with Gasteiger partial charge in [-0.15, -0.1) is 11.3 Å². The highest BCUT2D eigenvalue weighted by atomic mass is 32.1. The zero-order chi connectivity index (χ0) is 20.5. The molecule has 152 valence electrons. The van der Waals surface area contributed by atoms with E-state index in [0.717, 1.165) is 37.8 Å². The van der Waals surface area contributed by atoms with Gasteiger partial charge in [-0.2, -0.15) is 0 Å². The van der Waals surface area contributed by atoms with Crippen LogP contribution in [-0.4, -0.2) is 32.5 Å². The molecule has 4 rings (SSSR count). The summed E-state index contributed by atoms with van der Waals surface area (Å²) in [4.78, 5) is 41.4. The van der Waals surface area contributed by atoms with E-state index in [-0.39, 0.29) is 24.1 Å². The molecule has 2 aromatic heterocycles. The molecule has 0 radical (unpaired) electrons. The van der Waals surface area contributed by atoms with Gasteiger partial charge in [-0.1, -0.05) is 19.1 Å². The van der Waals surface area contributed by atoms with Crippen molar-refractivity contribution in [2.45, 2.75) is 52.1 Å². The van der Waals surface area contributed by atoms with Crippen LogP contribution < -0.4 is 11.2 Å². The number of piperidine rings is 1. The second-order valence-electron chi connectivity index (χ2n) is 7.63. The Morgan fingerprint density at radius 1 is 1.21 bits per heavy atom. The lowest BCUT2D eigenvalue weighted by Gasteiger charge is -2.35. The molecule has 1 aromatic carbocycles. The third-order valence-electron chi connectivity index (χ3n) is 5.73. The molecule has 0 spiro atoms. The first-order chi connectivity index (χ1) is 14.0. The highest BCUT2D eigenvalue weighted by Gasteiger charge is 2.27. The second kappa shape index (κ2) is 7.99. The van der Waals surface area contributed by atoms with Gasteiger partial charge >= 0.3 is 5.69 Å². The molecule has 0 N–H and O–H groups in total. The lowest BCUT2D eigenvalue weighted by molar-refractivity contribution is -0.135. The monoisotopic (exact) mass is 411 g/mol. The summed E-state index contributed by atoms with van der Waals surface area (Å²) in [5.41, 5.74) is 1.22. The number of carbonyl (C=O) groups is 1. The van der Waals surface area contributed by atoms with Gasteiger partial charge in [0.15, 0.2) is 0 Å². The van der Waals surface area contributed by atoms with Gasteiger partial charge in [0, 0.05) is 12.6 Å². The maximum Gasteiger partial charge on any atom is 0.336 e. The van der Waals surface area contributed by atoms with Crippen LogP contribution in [0.5, 0.6) is 0 Å². The van der Waals surface area contributed by atoms with Gasteiger partial charge in [-0.3, -0.25) is 14.2 Å². The molecule has 0 saturated carbocycles. The molecular formula is C22H25N3O3S. The summed E-state index contributed by atoms with van der Waals surface area (Å²) in [6.07, 6.45) is 4.05. The lowest BCUT2D eigenvalue weighted by atomic mass is 10.00. The van der Waals surface area contributed by atoms with E-state index in [9.17, 15) is 14.4 Å². The largest absolute Gasteiger partial charge is 0.338 e. The number of aryl methyl sites for hydroxylation is 1. The van der Waals surface area contributed by atoms with Crippen molar-refractivity contribution >= 4 is 27.5 Å². The Kier molecular flexibility index (Phi) is 5.41. The van der Waals surface area contributed by atoms with Crippen molar-refractivity contribution in [2.75, 3.05) is 6.54 Å². The number of aromatic nitrogens is 2. The number of benzene rings is 1. The fraction of sp³-hybridized carbons (Fsp3) is 0.409. The summed E-state index contributed by atoms with van der Waals surface area (Å²) in [6, 6.07) is 9.29. The highest BCUT2D eigenvalue weighted by molar-refractivity contribution is 7.17. The first kappa shape index (κ1) is 19.6. The van der Waals surface area contributed by atoms with Crippen molar-refractivity contribution in [3.63, 3.8) is 0 Å². The number of likely N-dealkylation sites (tertiary alicyclic amines) is 1. The summed E-state index contributed by atoms with van der Waals surface area (Å²) in [5.74, 6) is -0.0550. The van der Waals surface area contributed by atoms with E-state index in [1.807, 2.05) is 30.0 Å². The summed E-state index contributed by atoms with van der Waals surface area (Å²) < 4.78 is 3.14. The van der Waals surface area contributed by atoms with E-state index < -0.39 is 5.69 Å². The van der Waals surface area contributed by atoms with Crippen LogP contribution >= 0.6 is 11.3 Å². The first-order valence-corrected chi connectivity index (χ1v) is 11.0. The third-order valence-corrected chi connectivity index (χ3v) is 6.62. The zero-order valence-electron chi connectivity index (χ0n) is 16.8. The summed E-state index contributed by atoms with van der Waals surface area (Å²) >= 11 is 1.30. The average molecular weight is 412 g/mol. The molecule has 3 aromatic rings. The van der Waals surface area contributed by atoms with Crippen LogP contribution in [0, 0.1) is 6.92 Å². The molecule has 6 nitrogen and oxygen atoms in total. The van der Waals surface area contributed by atoms with Crippen molar-refractivity contribution in [1.29, 1.82) is 0 Å². The summed E-state index contributed by atoms with van der Waals surface area (Å²) in [6.45, 7) is 4.70. The minimum absolute atomic E-state index is 0.0470. The van der Waals surface area contributed by atoms with Gasteiger partial charge in [0.25, 0.3) is 5.56 Å². The van der Waals surface area contributed by atoms with Crippen LogP contribution in [0.3, 0.4) is 0 Å². The number of thiophene rings is 1. The first-order valence-electron chi connectivity index (χ1n) is 10.1.